The Morgan fingerprint density at radius 2 is 2.25 bits per heavy atom. The molecule has 0 aliphatic carbocycles. The molecule has 0 spiro atoms. The molecule has 2 rings (SSSR count). The zero-order chi connectivity index (χ0) is 11.7. The van der Waals surface area contributed by atoms with Crippen LogP contribution in [-0.2, 0) is 4.74 Å². The first kappa shape index (κ1) is 10.9. The lowest BCUT2D eigenvalue weighted by Gasteiger charge is -2.02. The minimum Gasteiger partial charge on any atom is -0.492 e. The molecule has 2 aromatic rings. The summed E-state index contributed by atoms with van der Waals surface area (Å²) in [6.07, 6.45) is -0.711. The molecule has 2 heterocycles. The van der Waals surface area contributed by atoms with Crippen LogP contribution in [0.2, 0.25) is 0 Å². The van der Waals surface area contributed by atoms with Crippen LogP contribution in [0, 0.1) is 3.70 Å². The fourth-order valence-electron chi connectivity index (χ4n) is 1.06. The van der Waals surface area contributed by atoms with Crippen LogP contribution >= 0.6 is 22.6 Å². The van der Waals surface area contributed by atoms with Crippen LogP contribution in [0.15, 0.2) is 0 Å². The number of rotatable bonds is 1. The van der Waals surface area contributed by atoms with Crippen molar-refractivity contribution in [3.63, 3.8) is 0 Å². The Labute approximate surface area is 103 Å². The first-order valence-corrected chi connectivity index (χ1v) is 5.15. The highest BCUT2D eigenvalue weighted by Crippen LogP contribution is 2.23. The molecule has 3 N–H and O–H groups in total. The maximum Gasteiger partial charge on any atom is 0.413 e. The molecule has 0 radical (unpaired) electrons. The number of carbonyl (C=O) groups excluding carboxylic acids is 1. The molecule has 0 bridgehead atoms. The van der Waals surface area contributed by atoms with Gasteiger partial charge in [-0.1, -0.05) is 0 Å². The Balaban J connectivity index is 2.48. The van der Waals surface area contributed by atoms with Crippen LogP contribution in [0.4, 0.5) is 10.7 Å². The molecule has 0 fully saturated rings. The Morgan fingerprint density at radius 1 is 1.50 bits per heavy atom. The van der Waals surface area contributed by atoms with Gasteiger partial charge in [0.2, 0.25) is 11.8 Å². The van der Waals surface area contributed by atoms with Crippen LogP contribution in [-0.4, -0.2) is 38.5 Å². The molecule has 0 saturated heterocycles. The van der Waals surface area contributed by atoms with E-state index in [9.17, 15) is 9.90 Å². The molecule has 0 saturated carbocycles. The number of H-pyrrole nitrogens is 1. The number of aromatic amines is 1. The molecule has 84 valence electrons. The van der Waals surface area contributed by atoms with Gasteiger partial charge in [0.15, 0.2) is 5.52 Å². The Kier molecular flexibility index (Phi) is 2.77. The van der Waals surface area contributed by atoms with Crippen molar-refractivity contribution in [2.24, 2.45) is 0 Å². The highest BCUT2D eigenvalue weighted by Gasteiger charge is 2.14. The van der Waals surface area contributed by atoms with Crippen LogP contribution in [0.25, 0.3) is 11.0 Å². The SMILES string of the molecule is COC(=O)Nc1nc(O)c2n[nH]c(I)c2n1. The molecule has 8 nitrogen and oxygen atoms in total. The molecule has 0 atom stereocenters. The summed E-state index contributed by atoms with van der Waals surface area (Å²) in [4.78, 5) is 18.6. The zero-order valence-corrected chi connectivity index (χ0v) is 10.1. The summed E-state index contributed by atoms with van der Waals surface area (Å²) in [6.45, 7) is 0. The number of halogens is 1. The lowest BCUT2D eigenvalue weighted by Crippen LogP contribution is -2.13. The maximum atomic E-state index is 10.9. The number of hydrogen-bond donors (Lipinski definition) is 3. The molecule has 0 aliphatic heterocycles. The lowest BCUT2D eigenvalue weighted by molar-refractivity contribution is 0.186. The predicted molar refractivity (Wildman–Crippen MR) is 62.1 cm³/mol. The summed E-state index contributed by atoms with van der Waals surface area (Å²) in [7, 11) is 1.22. The first-order chi connectivity index (χ1) is 7.61. The van der Waals surface area contributed by atoms with Gasteiger partial charge in [-0.25, -0.2) is 9.78 Å². The number of anilines is 1. The fraction of sp³-hybridized carbons (Fsp3) is 0.143. The quantitative estimate of drug-likeness (QED) is 0.666. The number of aromatic hydroxyl groups is 1. The molecule has 9 heteroatoms. The van der Waals surface area contributed by atoms with E-state index in [2.05, 4.69) is 30.2 Å². The average molecular weight is 335 g/mol. The van der Waals surface area contributed by atoms with Crippen molar-refractivity contribution >= 4 is 45.7 Å². The maximum absolute atomic E-state index is 10.9. The molecule has 0 unspecified atom stereocenters. The third-order valence-electron chi connectivity index (χ3n) is 1.74. The highest BCUT2D eigenvalue weighted by atomic mass is 127. The minimum absolute atomic E-state index is 0.0452. The second-order valence-electron chi connectivity index (χ2n) is 2.72. The van der Waals surface area contributed by atoms with E-state index in [0.29, 0.717) is 9.22 Å². The number of nitrogens with one attached hydrogen (secondary N) is 2. The Morgan fingerprint density at radius 3 is 2.94 bits per heavy atom. The topological polar surface area (TPSA) is 113 Å². The number of fused-ring (bicyclic) bond motifs is 1. The number of hydrogen-bond acceptors (Lipinski definition) is 6. The van der Waals surface area contributed by atoms with Gasteiger partial charge in [0.1, 0.15) is 9.22 Å². The van der Waals surface area contributed by atoms with E-state index in [4.69, 9.17) is 0 Å². The van der Waals surface area contributed by atoms with Gasteiger partial charge in [0.25, 0.3) is 0 Å². The van der Waals surface area contributed by atoms with E-state index < -0.39 is 6.09 Å². The lowest BCUT2D eigenvalue weighted by atomic mass is 10.4. The Bertz CT molecular complexity index is 554. The van der Waals surface area contributed by atoms with Crippen molar-refractivity contribution in [2.75, 3.05) is 12.4 Å². The monoisotopic (exact) mass is 335 g/mol. The second-order valence-corrected chi connectivity index (χ2v) is 3.80. The Hall–Kier alpha value is -1.65. The standard InChI is InChI=1S/C7H6IN5O3/c1-16-7(15)11-6-9-2-3(5(14)10-6)12-13-4(2)8/h1H3,(H,12,13)(H2,9,10,11,14,15). The van der Waals surface area contributed by atoms with Crippen LogP contribution in [0.1, 0.15) is 0 Å². The molecule has 0 aliphatic rings. The van der Waals surface area contributed by atoms with Gasteiger partial charge in [0, 0.05) is 0 Å². The van der Waals surface area contributed by atoms with Gasteiger partial charge in [-0.2, -0.15) is 10.1 Å². The molecule has 2 aromatic heterocycles. The molecule has 16 heavy (non-hydrogen) atoms. The molecule has 0 aromatic carbocycles. The van der Waals surface area contributed by atoms with E-state index in [1.165, 1.54) is 7.11 Å². The number of nitrogens with zero attached hydrogens (tertiary/aromatic N) is 3. The van der Waals surface area contributed by atoms with Gasteiger partial charge >= 0.3 is 6.09 Å². The summed E-state index contributed by atoms with van der Waals surface area (Å²) >= 11 is 1.97. The van der Waals surface area contributed by atoms with Crippen molar-refractivity contribution < 1.29 is 14.6 Å². The normalized spacial score (nSPS) is 10.4. The first-order valence-electron chi connectivity index (χ1n) is 4.07. The third kappa shape index (κ3) is 1.85. The second kappa shape index (κ2) is 4.08. The smallest absolute Gasteiger partial charge is 0.413 e. The van der Waals surface area contributed by atoms with Crippen molar-refractivity contribution in [3.8, 4) is 5.88 Å². The van der Waals surface area contributed by atoms with Gasteiger partial charge in [-0.3, -0.25) is 10.4 Å². The molecular weight excluding hydrogens is 329 g/mol. The number of carbonyl (C=O) groups is 1. The number of ether oxygens (including phenoxy) is 1. The third-order valence-corrected chi connectivity index (χ3v) is 2.49. The number of aromatic nitrogens is 4. The van der Waals surface area contributed by atoms with Crippen LogP contribution in [0.5, 0.6) is 5.88 Å². The summed E-state index contributed by atoms with van der Waals surface area (Å²) in [6, 6.07) is 0. The van der Waals surface area contributed by atoms with E-state index >= 15 is 0 Å². The van der Waals surface area contributed by atoms with Crippen molar-refractivity contribution in [3.05, 3.63) is 3.70 Å². The van der Waals surface area contributed by atoms with Crippen molar-refractivity contribution in [1.29, 1.82) is 0 Å². The van der Waals surface area contributed by atoms with Crippen LogP contribution < -0.4 is 5.32 Å². The largest absolute Gasteiger partial charge is 0.492 e. The summed E-state index contributed by atoms with van der Waals surface area (Å²) in [5.41, 5.74) is 0.680. The van der Waals surface area contributed by atoms with Crippen LogP contribution in [0.3, 0.4) is 0 Å². The zero-order valence-electron chi connectivity index (χ0n) is 7.98. The van der Waals surface area contributed by atoms with E-state index in [1.54, 1.807) is 0 Å². The summed E-state index contributed by atoms with van der Waals surface area (Å²) < 4.78 is 5.02. The molecular formula is C7H6IN5O3. The molecule has 1 amide bonds. The fourth-order valence-corrected chi connectivity index (χ4v) is 1.55. The number of amides is 1. The van der Waals surface area contributed by atoms with Gasteiger partial charge in [0.05, 0.1) is 7.11 Å². The van der Waals surface area contributed by atoms with Gasteiger partial charge < -0.3 is 9.84 Å². The van der Waals surface area contributed by atoms with E-state index in [0.717, 1.165) is 0 Å². The average Bonchev–Trinajstić information content (AvgIpc) is 2.61. The predicted octanol–water partition coefficient (Wildman–Crippen LogP) is 0.841. The number of methoxy groups -OCH3 is 1. The van der Waals surface area contributed by atoms with E-state index in [-0.39, 0.29) is 17.3 Å². The van der Waals surface area contributed by atoms with Gasteiger partial charge in [-0.15, -0.1) is 0 Å². The highest BCUT2D eigenvalue weighted by molar-refractivity contribution is 14.1. The van der Waals surface area contributed by atoms with E-state index in [1.807, 2.05) is 22.6 Å². The summed E-state index contributed by atoms with van der Waals surface area (Å²) in [5, 5.41) is 18.2. The minimum atomic E-state index is -0.711. The van der Waals surface area contributed by atoms with Crippen molar-refractivity contribution in [2.45, 2.75) is 0 Å². The summed E-state index contributed by atoms with van der Waals surface area (Å²) in [5.74, 6) is -0.355. The van der Waals surface area contributed by atoms with Crippen molar-refractivity contribution in [1.82, 2.24) is 20.2 Å². The van der Waals surface area contributed by atoms with Gasteiger partial charge in [-0.05, 0) is 22.6 Å².